The van der Waals surface area contributed by atoms with Crippen molar-refractivity contribution in [2.75, 3.05) is 10.6 Å². The van der Waals surface area contributed by atoms with Gasteiger partial charge in [-0.2, -0.15) is 0 Å². The predicted molar refractivity (Wildman–Crippen MR) is 108 cm³/mol. The summed E-state index contributed by atoms with van der Waals surface area (Å²) in [5.74, 6) is -1.34. The summed E-state index contributed by atoms with van der Waals surface area (Å²) >= 11 is 0. The molecule has 0 atom stereocenters. The van der Waals surface area contributed by atoms with Crippen LogP contribution in [0.1, 0.15) is 20.7 Å². The van der Waals surface area contributed by atoms with Gasteiger partial charge in [0.2, 0.25) is 0 Å². The Bertz CT molecular complexity index is 1180. The van der Waals surface area contributed by atoms with Crippen LogP contribution < -0.4 is 10.6 Å². The number of nitrogens with zero attached hydrogens (tertiary/aromatic N) is 4. The average Bonchev–Trinajstić information content (AvgIpc) is 3.31. The topological polar surface area (TPSA) is 102 Å². The average molecular weight is 402 g/mol. The molecule has 3 aromatic carbocycles. The molecule has 0 saturated carbocycles. The lowest BCUT2D eigenvalue weighted by molar-refractivity contribution is 0.101. The van der Waals surface area contributed by atoms with E-state index in [4.69, 9.17) is 0 Å². The fourth-order valence-electron chi connectivity index (χ4n) is 2.72. The standard InChI is InChI=1S/C21H15FN6O2/c22-18-11-10-17(28-13-23-26-27-28)12-19(18)25-21(30)15-6-8-16(9-7-15)24-20(29)14-4-2-1-3-5-14/h1-13H,(H,24,29)(H,25,30). The number of carbonyl (C=O) groups excluding carboxylic acids is 2. The Balaban J connectivity index is 1.45. The van der Waals surface area contributed by atoms with Crippen LogP contribution in [-0.2, 0) is 0 Å². The second-order valence-electron chi connectivity index (χ2n) is 6.27. The number of hydrogen-bond donors (Lipinski definition) is 2. The molecule has 1 heterocycles. The van der Waals surface area contributed by atoms with E-state index in [1.54, 1.807) is 48.5 Å². The molecule has 0 fully saturated rings. The molecule has 1 aromatic heterocycles. The number of amides is 2. The SMILES string of the molecule is O=C(Nc1ccc(C(=O)Nc2cc(-n3cnnn3)ccc2F)cc1)c1ccccc1. The van der Waals surface area contributed by atoms with Crippen molar-refractivity contribution < 1.29 is 14.0 Å². The highest BCUT2D eigenvalue weighted by atomic mass is 19.1. The number of anilines is 2. The first-order valence-corrected chi connectivity index (χ1v) is 8.91. The van der Waals surface area contributed by atoms with Crippen LogP contribution >= 0.6 is 0 Å². The van der Waals surface area contributed by atoms with Crippen molar-refractivity contribution in [3.8, 4) is 5.69 Å². The smallest absolute Gasteiger partial charge is 0.255 e. The number of benzene rings is 3. The summed E-state index contributed by atoms with van der Waals surface area (Å²) in [6, 6.07) is 19.2. The van der Waals surface area contributed by atoms with Crippen molar-refractivity contribution in [1.82, 2.24) is 20.2 Å². The number of aromatic nitrogens is 4. The van der Waals surface area contributed by atoms with Crippen LogP contribution in [0.3, 0.4) is 0 Å². The third kappa shape index (κ3) is 4.20. The highest BCUT2D eigenvalue weighted by molar-refractivity contribution is 6.06. The van der Waals surface area contributed by atoms with Gasteiger partial charge in [-0.05, 0) is 65.0 Å². The normalized spacial score (nSPS) is 10.4. The summed E-state index contributed by atoms with van der Waals surface area (Å²) in [6.45, 7) is 0. The molecule has 0 bridgehead atoms. The van der Waals surface area contributed by atoms with Gasteiger partial charge in [0.25, 0.3) is 11.8 Å². The van der Waals surface area contributed by atoms with E-state index >= 15 is 0 Å². The monoisotopic (exact) mass is 402 g/mol. The molecule has 4 aromatic rings. The number of tetrazole rings is 1. The van der Waals surface area contributed by atoms with E-state index in [-0.39, 0.29) is 11.6 Å². The van der Waals surface area contributed by atoms with Gasteiger partial charge in [-0.3, -0.25) is 9.59 Å². The molecule has 0 radical (unpaired) electrons. The largest absolute Gasteiger partial charge is 0.322 e. The van der Waals surface area contributed by atoms with Gasteiger partial charge in [0, 0.05) is 16.8 Å². The minimum atomic E-state index is -0.591. The lowest BCUT2D eigenvalue weighted by Gasteiger charge is -2.09. The number of rotatable bonds is 5. The van der Waals surface area contributed by atoms with E-state index in [0.717, 1.165) is 0 Å². The molecule has 2 N–H and O–H groups in total. The molecule has 0 unspecified atom stereocenters. The molecule has 0 aliphatic heterocycles. The quantitative estimate of drug-likeness (QED) is 0.533. The van der Waals surface area contributed by atoms with E-state index in [0.29, 0.717) is 22.5 Å². The van der Waals surface area contributed by atoms with E-state index in [1.807, 2.05) is 6.07 Å². The van der Waals surface area contributed by atoms with E-state index in [2.05, 4.69) is 26.2 Å². The molecule has 30 heavy (non-hydrogen) atoms. The van der Waals surface area contributed by atoms with Gasteiger partial charge >= 0.3 is 0 Å². The van der Waals surface area contributed by atoms with E-state index in [9.17, 15) is 14.0 Å². The van der Waals surface area contributed by atoms with Gasteiger partial charge in [0.05, 0.1) is 11.4 Å². The lowest BCUT2D eigenvalue weighted by Crippen LogP contribution is -2.14. The summed E-state index contributed by atoms with van der Waals surface area (Å²) in [5.41, 5.74) is 1.86. The third-order valence-electron chi connectivity index (χ3n) is 4.25. The Hall–Kier alpha value is -4.40. The summed E-state index contributed by atoms with van der Waals surface area (Å²) in [6.07, 6.45) is 1.36. The maximum atomic E-state index is 14.1. The fourth-order valence-corrected chi connectivity index (χ4v) is 2.72. The zero-order valence-electron chi connectivity index (χ0n) is 15.5. The lowest BCUT2D eigenvalue weighted by atomic mass is 10.1. The molecular formula is C21H15FN6O2. The van der Waals surface area contributed by atoms with Crippen molar-refractivity contribution >= 4 is 23.2 Å². The van der Waals surface area contributed by atoms with Gasteiger partial charge in [0.15, 0.2) is 0 Å². The van der Waals surface area contributed by atoms with Crippen molar-refractivity contribution in [3.05, 3.63) is 96.1 Å². The molecule has 148 valence electrons. The van der Waals surface area contributed by atoms with Crippen molar-refractivity contribution in [3.63, 3.8) is 0 Å². The molecule has 0 spiro atoms. The Kier molecular flexibility index (Phi) is 5.25. The predicted octanol–water partition coefficient (Wildman–Crippen LogP) is 3.31. The zero-order chi connectivity index (χ0) is 20.9. The van der Waals surface area contributed by atoms with Crippen LogP contribution in [0.4, 0.5) is 15.8 Å². The first kappa shape index (κ1) is 18.9. The molecule has 4 rings (SSSR count). The van der Waals surface area contributed by atoms with E-state index < -0.39 is 11.7 Å². The van der Waals surface area contributed by atoms with Crippen LogP contribution in [0.5, 0.6) is 0 Å². The first-order valence-electron chi connectivity index (χ1n) is 8.91. The molecule has 0 aliphatic rings. The maximum absolute atomic E-state index is 14.1. The van der Waals surface area contributed by atoms with Gasteiger partial charge in [0.1, 0.15) is 12.1 Å². The highest BCUT2D eigenvalue weighted by Gasteiger charge is 2.12. The van der Waals surface area contributed by atoms with Crippen LogP contribution in [0.25, 0.3) is 5.69 Å². The summed E-state index contributed by atoms with van der Waals surface area (Å²) in [5, 5.41) is 16.1. The van der Waals surface area contributed by atoms with Crippen LogP contribution in [0.15, 0.2) is 79.1 Å². The highest BCUT2D eigenvalue weighted by Crippen LogP contribution is 2.20. The third-order valence-corrected chi connectivity index (χ3v) is 4.25. The van der Waals surface area contributed by atoms with Crippen molar-refractivity contribution in [2.45, 2.75) is 0 Å². The molecular weight excluding hydrogens is 387 g/mol. The van der Waals surface area contributed by atoms with Crippen molar-refractivity contribution in [2.24, 2.45) is 0 Å². The minimum absolute atomic E-state index is 0.00513. The van der Waals surface area contributed by atoms with Crippen LogP contribution in [0.2, 0.25) is 0 Å². The Morgan fingerprint density at radius 2 is 1.53 bits per heavy atom. The zero-order valence-corrected chi connectivity index (χ0v) is 15.5. The second kappa shape index (κ2) is 8.31. The summed E-state index contributed by atoms with van der Waals surface area (Å²) < 4.78 is 15.5. The van der Waals surface area contributed by atoms with Gasteiger partial charge in [-0.15, -0.1) is 5.10 Å². The molecule has 0 saturated heterocycles. The second-order valence-corrected chi connectivity index (χ2v) is 6.27. The summed E-state index contributed by atoms with van der Waals surface area (Å²) in [7, 11) is 0. The molecule has 8 nitrogen and oxygen atoms in total. The molecule has 9 heteroatoms. The Morgan fingerprint density at radius 1 is 0.833 bits per heavy atom. The first-order chi connectivity index (χ1) is 14.6. The molecule has 0 aliphatic carbocycles. The van der Waals surface area contributed by atoms with Gasteiger partial charge in [-0.25, -0.2) is 9.07 Å². The van der Waals surface area contributed by atoms with Crippen LogP contribution in [0, 0.1) is 5.82 Å². The number of halogens is 1. The number of nitrogens with one attached hydrogen (secondary N) is 2. The minimum Gasteiger partial charge on any atom is -0.322 e. The fraction of sp³-hybridized carbons (Fsp3) is 0. The van der Waals surface area contributed by atoms with Crippen molar-refractivity contribution in [1.29, 1.82) is 0 Å². The Morgan fingerprint density at radius 3 is 2.23 bits per heavy atom. The molecule has 2 amide bonds. The summed E-state index contributed by atoms with van der Waals surface area (Å²) in [4.78, 5) is 24.7. The van der Waals surface area contributed by atoms with Crippen LogP contribution in [-0.4, -0.2) is 32.0 Å². The van der Waals surface area contributed by atoms with E-state index in [1.165, 1.54) is 29.2 Å². The Labute approximate surface area is 170 Å². The van der Waals surface area contributed by atoms with Gasteiger partial charge < -0.3 is 10.6 Å². The maximum Gasteiger partial charge on any atom is 0.255 e. The number of carbonyl (C=O) groups is 2. The number of hydrogen-bond acceptors (Lipinski definition) is 5. The van der Waals surface area contributed by atoms with Gasteiger partial charge in [-0.1, -0.05) is 18.2 Å².